The molecule has 0 saturated heterocycles. The van der Waals surface area contributed by atoms with E-state index >= 15 is 0 Å². The van der Waals surface area contributed by atoms with Crippen LogP contribution in [0.3, 0.4) is 0 Å². The van der Waals surface area contributed by atoms with Gasteiger partial charge in [0.2, 0.25) is 0 Å². The minimum absolute atomic E-state index is 0.0395. The highest BCUT2D eigenvalue weighted by molar-refractivity contribution is 5.69. The van der Waals surface area contributed by atoms with Gasteiger partial charge in [0, 0.05) is 12.7 Å². The van der Waals surface area contributed by atoms with Gasteiger partial charge in [-0.05, 0) is 13.0 Å². The number of carbonyl (C=O) groups is 1. The Morgan fingerprint density at radius 1 is 1.79 bits per heavy atom. The molecule has 14 heavy (non-hydrogen) atoms. The number of aliphatic hydroxyl groups excluding tert-OH is 1. The molecule has 1 rings (SSSR count). The van der Waals surface area contributed by atoms with Crippen molar-refractivity contribution in [2.75, 3.05) is 7.11 Å². The summed E-state index contributed by atoms with van der Waals surface area (Å²) in [5, 5.41) is 13.7. The number of aromatic nitrogens is 2. The number of ether oxygens (including phenoxy) is 1. The summed E-state index contributed by atoms with van der Waals surface area (Å²) in [4.78, 5) is 10.9. The van der Waals surface area contributed by atoms with Crippen LogP contribution in [0, 0.1) is 0 Å². The molecule has 1 N–H and O–H groups in total. The van der Waals surface area contributed by atoms with Crippen LogP contribution in [-0.2, 0) is 16.1 Å². The normalized spacial score (nSPS) is 12.5. The Morgan fingerprint density at radius 2 is 2.50 bits per heavy atom. The van der Waals surface area contributed by atoms with E-state index < -0.39 is 12.1 Å². The van der Waals surface area contributed by atoms with Crippen LogP contribution >= 0.6 is 0 Å². The lowest BCUT2D eigenvalue weighted by Gasteiger charge is -2.10. The Balaban J connectivity index is 2.68. The van der Waals surface area contributed by atoms with E-state index in [1.807, 2.05) is 6.92 Å². The van der Waals surface area contributed by atoms with Gasteiger partial charge in [-0.1, -0.05) is 0 Å². The van der Waals surface area contributed by atoms with Crippen molar-refractivity contribution >= 4 is 5.97 Å². The predicted octanol–water partition coefficient (Wildman–Crippen LogP) is 0.499. The van der Waals surface area contributed by atoms with Crippen molar-refractivity contribution in [3.8, 4) is 0 Å². The van der Waals surface area contributed by atoms with Gasteiger partial charge in [-0.25, -0.2) is 0 Å². The SMILES string of the molecule is CCn1nccc1[C@H](O)CC(=O)OC. The summed E-state index contributed by atoms with van der Waals surface area (Å²) in [5.41, 5.74) is 0.637. The van der Waals surface area contributed by atoms with Gasteiger partial charge in [-0.15, -0.1) is 0 Å². The monoisotopic (exact) mass is 198 g/mol. The minimum Gasteiger partial charge on any atom is -0.469 e. The van der Waals surface area contributed by atoms with Crippen LogP contribution in [0.1, 0.15) is 25.1 Å². The summed E-state index contributed by atoms with van der Waals surface area (Å²) in [7, 11) is 1.30. The molecule has 0 aliphatic carbocycles. The van der Waals surface area contributed by atoms with Crippen LogP contribution in [-0.4, -0.2) is 28.0 Å². The molecule has 5 nitrogen and oxygen atoms in total. The number of hydrogen-bond acceptors (Lipinski definition) is 4. The summed E-state index contributed by atoms with van der Waals surface area (Å²) >= 11 is 0. The molecule has 1 atom stereocenters. The molecule has 78 valence electrons. The third-order valence-electron chi connectivity index (χ3n) is 1.98. The zero-order chi connectivity index (χ0) is 10.6. The van der Waals surface area contributed by atoms with Gasteiger partial charge >= 0.3 is 5.97 Å². The van der Waals surface area contributed by atoms with E-state index in [0.29, 0.717) is 12.2 Å². The molecule has 0 amide bonds. The van der Waals surface area contributed by atoms with E-state index in [2.05, 4.69) is 9.84 Å². The molecule has 0 radical (unpaired) electrons. The van der Waals surface area contributed by atoms with Gasteiger partial charge in [0.1, 0.15) is 6.10 Å². The average molecular weight is 198 g/mol. The first-order valence-electron chi connectivity index (χ1n) is 4.45. The van der Waals surface area contributed by atoms with Gasteiger partial charge in [-0.3, -0.25) is 9.48 Å². The molecular weight excluding hydrogens is 184 g/mol. The van der Waals surface area contributed by atoms with E-state index in [-0.39, 0.29) is 6.42 Å². The van der Waals surface area contributed by atoms with Gasteiger partial charge < -0.3 is 9.84 Å². The van der Waals surface area contributed by atoms with Crippen LogP contribution in [0.2, 0.25) is 0 Å². The second-order valence-electron chi connectivity index (χ2n) is 2.87. The van der Waals surface area contributed by atoms with E-state index in [1.165, 1.54) is 7.11 Å². The average Bonchev–Trinajstić information content (AvgIpc) is 2.65. The highest BCUT2D eigenvalue weighted by Gasteiger charge is 2.16. The highest BCUT2D eigenvalue weighted by atomic mass is 16.5. The predicted molar refractivity (Wildman–Crippen MR) is 49.5 cm³/mol. The third-order valence-corrected chi connectivity index (χ3v) is 1.98. The summed E-state index contributed by atoms with van der Waals surface area (Å²) in [5.74, 6) is -0.429. The fourth-order valence-corrected chi connectivity index (χ4v) is 1.24. The molecule has 0 spiro atoms. The molecule has 0 aliphatic heterocycles. The number of aryl methyl sites for hydroxylation is 1. The first kappa shape index (κ1) is 10.7. The van der Waals surface area contributed by atoms with Crippen molar-refractivity contribution in [1.29, 1.82) is 0 Å². The minimum atomic E-state index is -0.843. The third kappa shape index (κ3) is 2.32. The number of carbonyl (C=O) groups excluding carboxylic acids is 1. The van der Waals surface area contributed by atoms with Crippen molar-refractivity contribution in [3.05, 3.63) is 18.0 Å². The van der Waals surface area contributed by atoms with Crippen molar-refractivity contribution in [2.24, 2.45) is 0 Å². The molecule has 1 heterocycles. The Kier molecular flexibility index (Phi) is 3.64. The van der Waals surface area contributed by atoms with E-state index in [1.54, 1.807) is 16.9 Å². The largest absolute Gasteiger partial charge is 0.469 e. The number of aliphatic hydroxyl groups is 1. The molecule has 0 aromatic carbocycles. The molecule has 1 aromatic rings. The van der Waals surface area contributed by atoms with Crippen LogP contribution in [0.25, 0.3) is 0 Å². The number of rotatable bonds is 4. The lowest BCUT2D eigenvalue weighted by Crippen LogP contribution is -2.12. The van der Waals surface area contributed by atoms with Crippen molar-refractivity contribution in [3.63, 3.8) is 0 Å². The maximum Gasteiger partial charge on any atom is 0.308 e. The molecular formula is C9H14N2O3. The maximum absolute atomic E-state index is 10.9. The lowest BCUT2D eigenvalue weighted by atomic mass is 10.2. The van der Waals surface area contributed by atoms with Crippen molar-refractivity contribution in [1.82, 2.24) is 9.78 Å². The van der Waals surface area contributed by atoms with E-state index in [4.69, 9.17) is 0 Å². The fourth-order valence-electron chi connectivity index (χ4n) is 1.24. The summed E-state index contributed by atoms with van der Waals surface area (Å²) in [6, 6.07) is 1.69. The van der Waals surface area contributed by atoms with Gasteiger partial charge in [0.05, 0.1) is 19.2 Å². The van der Waals surface area contributed by atoms with Crippen molar-refractivity contribution in [2.45, 2.75) is 26.0 Å². The zero-order valence-electron chi connectivity index (χ0n) is 8.30. The summed E-state index contributed by atoms with van der Waals surface area (Å²) < 4.78 is 6.11. The Bertz CT molecular complexity index is 309. The first-order chi connectivity index (χ1) is 6.69. The van der Waals surface area contributed by atoms with Crippen LogP contribution in [0.4, 0.5) is 0 Å². The maximum atomic E-state index is 10.9. The Labute approximate surface area is 82.3 Å². The van der Waals surface area contributed by atoms with E-state index in [0.717, 1.165) is 0 Å². The topological polar surface area (TPSA) is 64.3 Å². The summed E-state index contributed by atoms with van der Waals surface area (Å²) in [6.45, 7) is 2.59. The number of esters is 1. The number of methoxy groups -OCH3 is 1. The smallest absolute Gasteiger partial charge is 0.308 e. The second-order valence-corrected chi connectivity index (χ2v) is 2.87. The zero-order valence-corrected chi connectivity index (χ0v) is 8.30. The quantitative estimate of drug-likeness (QED) is 0.715. The molecule has 0 bridgehead atoms. The summed E-state index contributed by atoms with van der Waals surface area (Å²) in [6.07, 6.45) is 0.714. The number of nitrogens with zero attached hydrogens (tertiary/aromatic N) is 2. The molecule has 0 unspecified atom stereocenters. The van der Waals surface area contributed by atoms with Gasteiger partial charge in [-0.2, -0.15) is 5.10 Å². The molecule has 0 fully saturated rings. The fraction of sp³-hybridized carbons (Fsp3) is 0.556. The van der Waals surface area contributed by atoms with Crippen LogP contribution in [0.5, 0.6) is 0 Å². The standard InChI is InChI=1S/C9H14N2O3/c1-3-11-7(4-5-10-11)8(12)6-9(13)14-2/h4-5,8,12H,3,6H2,1-2H3/t8-/m1/s1. The highest BCUT2D eigenvalue weighted by Crippen LogP contribution is 2.16. The van der Waals surface area contributed by atoms with Crippen molar-refractivity contribution < 1.29 is 14.6 Å². The van der Waals surface area contributed by atoms with E-state index in [9.17, 15) is 9.90 Å². The first-order valence-corrected chi connectivity index (χ1v) is 4.45. The van der Waals surface area contributed by atoms with Gasteiger partial charge in [0.25, 0.3) is 0 Å². The Hall–Kier alpha value is -1.36. The Morgan fingerprint density at radius 3 is 3.07 bits per heavy atom. The molecule has 5 heteroatoms. The second kappa shape index (κ2) is 4.76. The molecule has 1 aromatic heterocycles. The lowest BCUT2D eigenvalue weighted by molar-refractivity contribution is -0.143. The molecule has 0 saturated carbocycles. The van der Waals surface area contributed by atoms with Crippen LogP contribution in [0.15, 0.2) is 12.3 Å². The van der Waals surface area contributed by atoms with Gasteiger partial charge in [0.15, 0.2) is 0 Å². The van der Waals surface area contributed by atoms with Crippen LogP contribution < -0.4 is 0 Å². The molecule has 0 aliphatic rings. The number of hydrogen-bond donors (Lipinski definition) is 1.